The van der Waals surface area contributed by atoms with Crippen molar-refractivity contribution >= 4 is 17.3 Å². The summed E-state index contributed by atoms with van der Waals surface area (Å²) in [5.41, 5.74) is -0.723. The van der Waals surface area contributed by atoms with Crippen molar-refractivity contribution in [3.05, 3.63) is 54.1 Å². The summed E-state index contributed by atoms with van der Waals surface area (Å²) in [4.78, 5) is 12.9. The van der Waals surface area contributed by atoms with Crippen molar-refractivity contribution in [2.45, 2.75) is 13.1 Å². The third-order valence-corrected chi connectivity index (χ3v) is 3.10. The first-order chi connectivity index (χ1) is 10.3. The van der Waals surface area contributed by atoms with Gasteiger partial charge in [-0.3, -0.25) is 9.69 Å². The quantitative estimate of drug-likeness (QED) is 0.841. The van der Waals surface area contributed by atoms with E-state index in [1.54, 1.807) is 12.1 Å². The molecule has 0 N–H and O–H groups in total. The lowest BCUT2D eigenvalue weighted by atomic mass is 10.1. The number of methoxy groups -OCH3 is 1. The normalized spacial score (nSPS) is 11.1. The molecular weight excluding hydrogens is 295 g/mol. The van der Waals surface area contributed by atoms with Gasteiger partial charge in [0.25, 0.3) is 0 Å². The average Bonchev–Trinajstić information content (AvgIpc) is 2.47. The Kier molecular flexibility index (Phi) is 4.40. The molecule has 0 aliphatic heterocycles. The molecule has 0 aromatic heterocycles. The number of nitrogens with zero attached hydrogens (tertiary/aromatic N) is 1. The van der Waals surface area contributed by atoms with Crippen LogP contribution >= 0.6 is 0 Å². The molecule has 0 unspecified atom stereocenters. The zero-order valence-electron chi connectivity index (χ0n) is 12.0. The Morgan fingerprint density at radius 1 is 1.05 bits per heavy atom. The minimum atomic E-state index is -4.54. The molecule has 1 amide bonds. The van der Waals surface area contributed by atoms with E-state index in [0.29, 0.717) is 11.4 Å². The van der Waals surface area contributed by atoms with Gasteiger partial charge in [-0.05, 0) is 36.4 Å². The number of hydrogen-bond acceptors (Lipinski definition) is 2. The van der Waals surface area contributed by atoms with Crippen LogP contribution in [0.15, 0.2) is 48.5 Å². The summed E-state index contributed by atoms with van der Waals surface area (Å²) < 4.78 is 44.5. The predicted molar refractivity (Wildman–Crippen MR) is 77.3 cm³/mol. The molecule has 22 heavy (non-hydrogen) atoms. The van der Waals surface area contributed by atoms with E-state index in [9.17, 15) is 18.0 Å². The Labute approximate surface area is 125 Å². The van der Waals surface area contributed by atoms with Crippen LogP contribution in [-0.2, 0) is 11.0 Å². The second-order valence-electron chi connectivity index (χ2n) is 4.57. The lowest BCUT2D eigenvalue weighted by molar-refractivity contribution is -0.137. The molecule has 6 heteroatoms. The second kappa shape index (κ2) is 6.09. The maximum Gasteiger partial charge on any atom is 0.418 e. The van der Waals surface area contributed by atoms with Crippen LogP contribution in [0.1, 0.15) is 12.5 Å². The Bertz CT molecular complexity index is 666. The summed E-state index contributed by atoms with van der Waals surface area (Å²) in [6.45, 7) is 1.22. The van der Waals surface area contributed by atoms with Gasteiger partial charge in [-0.25, -0.2) is 0 Å². The number of benzene rings is 2. The van der Waals surface area contributed by atoms with E-state index in [1.165, 1.54) is 44.4 Å². The molecule has 0 saturated carbocycles. The van der Waals surface area contributed by atoms with Crippen LogP contribution in [0, 0.1) is 0 Å². The van der Waals surface area contributed by atoms with Crippen LogP contribution in [0.3, 0.4) is 0 Å². The van der Waals surface area contributed by atoms with Gasteiger partial charge in [-0.2, -0.15) is 13.2 Å². The Morgan fingerprint density at radius 2 is 1.64 bits per heavy atom. The van der Waals surface area contributed by atoms with E-state index in [-0.39, 0.29) is 5.69 Å². The molecule has 0 radical (unpaired) electrons. The highest BCUT2D eigenvalue weighted by Crippen LogP contribution is 2.39. The molecule has 3 nitrogen and oxygen atoms in total. The monoisotopic (exact) mass is 309 g/mol. The van der Waals surface area contributed by atoms with Crippen molar-refractivity contribution in [1.82, 2.24) is 0 Å². The SMILES string of the molecule is COc1ccc(N(C(C)=O)c2ccccc2C(F)(F)F)cc1. The minimum absolute atomic E-state index is 0.201. The molecule has 0 aliphatic carbocycles. The van der Waals surface area contributed by atoms with Crippen LogP contribution in [-0.4, -0.2) is 13.0 Å². The number of ether oxygens (including phenoxy) is 1. The van der Waals surface area contributed by atoms with Crippen molar-refractivity contribution in [2.24, 2.45) is 0 Å². The fourth-order valence-corrected chi connectivity index (χ4v) is 2.13. The fraction of sp³-hybridized carbons (Fsp3) is 0.188. The molecular formula is C16H14F3NO2. The van der Waals surface area contributed by atoms with Gasteiger partial charge in [0.15, 0.2) is 0 Å². The largest absolute Gasteiger partial charge is 0.497 e. The first-order valence-corrected chi connectivity index (χ1v) is 6.45. The van der Waals surface area contributed by atoms with E-state index < -0.39 is 17.6 Å². The topological polar surface area (TPSA) is 29.5 Å². The number of amides is 1. The first kappa shape index (κ1) is 15.9. The van der Waals surface area contributed by atoms with Crippen LogP contribution in [0.4, 0.5) is 24.5 Å². The molecule has 0 bridgehead atoms. The molecule has 0 spiro atoms. The number of hydrogen-bond donors (Lipinski definition) is 0. The summed E-state index contributed by atoms with van der Waals surface area (Å²) in [5.74, 6) is 0.0400. The molecule has 0 fully saturated rings. The molecule has 0 heterocycles. The number of carbonyl (C=O) groups excluding carboxylic acids is 1. The molecule has 2 aromatic rings. The maximum atomic E-state index is 13.1. The van der Waals surface area contributed by atoms with Crippen molar-refractivity contribution in [1.29, 1.82) is 0 Å². The van der Waals surface area contributed by atoms with Crippen molar-refractivity contribution in [2.75, 3.05) is 12.0 Å². The molecule has 2 aromatic carbocycles. The number of para-hydroxylation sites is 1. The third kappa shape index (κ3) is 3.21. The number of alkyl halides is 3. The van der Waals surface area contributed by atoms with Gasteiger partial charge >= 0.3 is 6.18 Å². The maximum absolute atomic E-state index is 13.1. The number of rotatable bonds is 3. The third-order valence-electron chi connectivity index (χ3n) is 3.10. The highest BCUT2D eigenvalue weighted by atomic mass is 19.4. The van der Waals surface area contributed by atoms with Gasteiger partial charge in [0.1, 0.15) is 5.75 Å². The summed E-state index contributed by atoms with van der Waals surface area (Å²) in [5, 5.41) is 0. The van der Waals surface area contributed by atoms with E-state index in [4.69, 9.17) is 4.74 Å². The summed E-state index contributed by atoms with van der Waals surface area (Å²) >= 11 is 0. The van der Waals surface area contributed by atoms with Gasteiger partial charge in [0, 0.05) is 12.6 Å². The number of anilines is 2. The molecule has 0 saturated heterocycles. The van der Waals surface area contributed by atoms with E-state index in [0.717, 1.165) is 11.0 Å². The lowest BCUT2D eigenvalue weighted by Crippen LogP contribution is -2.25. The predicted octanol–water partition coefficient (Wildman–Crippen LogP) is 4.40. The summed E-state index contributed by atoms with van der Waals surface area (Å²) in [7, 11) is 1.48. The number of carbonyl (C=O) groups is 1. The zero-order valence-corrected chi connectivity index (χ0v) is 12.0. The van der Waals surface area contributed by atoms with Gasteiger partial charge < -0.3 is 4.74 Å². The van der Waals surface area contributed by atoms with Gasteiger partial charge in [0.05, 0.1) is 18.4 Å². The Morgan fingerprint density at radius 3 is 2.14 bits per heavy atom. The second-order valence-corrected chi connectivity index (χ2v) is 4.57. The Balaban J connectivity index is 2.56. The minimum Gasteiger partial charge on any atom is -0.497 e. The highest BCUT2D eigenvalue weighted by molar-refractivity contribution is 5.99. The average molecular weight is 309 g/mol. The van der Waals surface area contributed by atoms with Crippen molar-refractivity contribution < 1.29 is 22.7 Å². The molecule has 116 valence electrons. The lowest BCUT2D eigenvalue weighted by Gasteiger charge is -2.25. The van der Waals surface area contributed by atoms with Crippen molar-refractivity contribution in [3.63, 3.8) is 0 Å². The van der Waals surface area contributed by atoms with Crippen LogP contribution in [0.2, 0.25) is 0 Å². The van der Waals surface area contributed by atoms with Gasteiger partial charge in [-0.15, -0.1) is 0 Å². The van der Waals surface area contributed by atoms with Gasteiger partial charge in [-0.1, -0.05) is 12.1 Å². The highest BCUT2D eigenvalue weighted by Gasteiger charge is 2.35. The fourth-order valence-electron chi connectivity index (χ4n) is 2.13. The van der Waals surface area contributed by atoms with Crippen LogP contribution in [0.25, 0.3) is 0 Å². The van der Waals surface area contributed by atoms with Gasteiger partial charge in [0.2, 0.25) is 5.91 Å². The molecule has 2 rings (SSSR count). The van der Waals surface area contributed by atoms with E-state index >= 15 is 0 Å². The van der Waals surface area contributed by atoms with Crippen molar-refractivity contribution in [3.8, 4) is 5.75 Å². The van der Waals surface area contributed by atoms with E-state index in [2.05, 4.69) is 0 Å². The van der Waals surface area contributed by atoms with Crippen LogP contribution in [0.5, 0.6) is 5.75 Å². The number of halogens is 3. The first-order valence-electron chi connectivity index (χ1n) is 6.45. The van der Waals surface area contributed by atoms with E-state index in [1.807, 2.05) is 0 Å². The zero-order chi connectivity index (χ0) is 16.3. The molecule has 0 atom stereocenters. The van der Waals surface area contributed by atoms with Crippen LogP contribution < -0.4 is 9.64 Å². The molecule has 0 aliphatic rings. The smallest absolute Gasteiger partial charge is 0.418 e. The summed E-state index contributed by atoms with van der Waals surface area (Å²) in [6, 6.07) is 11.2. The standard InChI is InChI=1S/C16H14F3NO2/c1-11(21)20(12-7-9-13(22-2)10-8-12)15-6-4-3-5-14(15)16(17,18)19/h3-10H,1-2H3. The Hall–Kier alpha value is -2.50. The summed E-state index contributed by atoms with van der Waals surface area (Å²) in [6.07, 6.45) is -4.54.